The van der Waals surface area contributed by atoms with Crippen molar-refractivity contribution in [1.82, 2.24) is 0 Å². The summed E-state index contributed by atoms with van der Waals surface area (Å²) in [5.41, 5.74) is -0.337. The third-order valence-electron chi connectivity index (χ3n) is 3.26. The molecule has 78 valence electrons. The molecule has 1 aliphatic carbocycles. The van der Waals surface area contributed by atoms with Gasteiger partial charge in [0.1, 0.15) is 11.6 Å². The quantitative estimate of drug-likeness (QED) is 0.660. The van der Waals surface area contributed by atoms with Crippen LogP contribution in [0.15, 0.2) is 18.2 Å². The lowest BCUT2D eigenvalue weighted by molar-refractivity contribution is -0.142. The van der Waals surface area contributed by atoms with Crippen LogP contribution in [-0.4, -0.2) is 12.6 Å². The molecule has 1 saturated carbocycles. The van der Waals surface area contributed by atoms with Gasteiger partial charge in [0, 0.05) is 12.0 Å². The zero-order valence-electron chi connectivity index (χ0n) is 7.80. The number of hydrogen-bond acceptors (Lipinski definition) is 2. The average molecular weight is 210 g/mol. The molecule has 0 aromatic heterocycles. The molecule has 1 aromatic rings. The highest BCUT2D eigenvalue weighted by molar-refractivity contribution is 5.89. The van der Waals surface area contributed by atoms with Gasteiger partial charge in [-0.25, -0.2) is 8.78 Å². The number of fused-ring (bicyclic) bond motifs is 1. The summed E-state index contributed by atoms with van der Waals surface area (Å²) in [6.45, 7) is 0.372. The Balaban J connectivity index is 2.10. The second-order valence-corrected chi connectivity index (χ2v) is 4.13. The third-order valence-corrected chi connectivity index (χ3v) is 3.26. The Morgan fingerprint density at radius 2 is 1.93 bits per heavy atom. The summed E-state index contributed by atoms with van der Waals surface area (Å²) >= 11 is 0. The minimum Gasteiger partial charge on any atom is -0.465 e. The fraction of sp³-hybridized carbons (Fsp3) is 0.364. The number of carbonyl (C=O) groups excluding carboxylic acids is 1. The second-order valence-electron chi connectivity index (χ2n) is 4.13. The molecule has 0 N–H and O–H groups in total. The van der Waals surface area contributed by atoms with Crippen molar-refractivity contribution in [2.75, 3.05) is 6.61 Å². The number of benzene rings is 1. The van der Waals surface area contributed by atoms with Crippen LogP contribution in [0, 0.1) is 17.6 Å². The van der Waals surface area contributed by atoms with E-state index in [1.54, 1.807) is 0 Å². The number of halogens is 2. The summed E-state index contributed by atoms with van der Waals surface area (Å²) in [6.07, 6.45) is 0.648. The molecule has 2 fully saturated rings. The van der Waals surface area contributed by atoms with Gasteiger partial charge in [-0.05, 0) is 24.1 Å². The predicted octanol–water partition coefficient (Wildman–Crippen LogP) is 1.78. The van der Waals surface area contributed by atoms with E-state index in [1.807, 2.05) is 0 Å². The summed E-state index contributed by atoms with van der Waals surface area (Å²) in [5, 5.41) is 0. The van der Waals surface area contributed by atoms with Gasteiger partial charge in [0.15, 0.2) is 0 Å². The molecule has 1 heterocycles. The highest BCUT2D eigenvalue weighted by Crippen LogP contribution is 2.59. The molecule has 1 aliphatic heterocycles. The summed E-state index contributed by atoms with van der Waals surface area (Å²) in [6, 6.07) is 3.24. The molecule has 4 heteroatoms. The monoisotopic (exact) mass is 210 g/mol. The van der Waals surface area contributed by atoms with E-state index in [9.17, 15) is 13.6 Å². The Bertz CT molecular complexity index is 438. The van der Waals surface area contributed by atoms with Crippen molar-refractivity contribution in [3.05, 3.63) is 35.4 Å². The van der Waals surface area contributed by atoms with Crippen LogP contribution in [0.5, 0.6) is 0 Å². The first-order valence-corrected chi connectivity index (χ1v) is 4.77. The van der Waals surface area contributed by atoms with Gasteiger partial charge < -0.3 is 4.74 Å². The maximum absolute atomic E-state index is 13.0. The van der Waals surface area contributed by atoms with Gasteiger partial charge in [0.05, 0.1) is 12.0 Å². The normalized spacial score (nSPS) is 32.4. The minimum absolute atomic E-state index is 0.103. The van der Waals surface area contributed by atoms with Gasteiger partial charge in [-0.15, -0.1) is 0 Å². The summed E-state index contributed by atoms with van der Waals surface area (Å²) in [5.74, 6) is -1.54. The van der Waals surface area contributed by atoms with Crippen molar-refractivity contribution in [3.63, 3.8) is 0 Å². The summed E-state index contributed by atoms with van der Waals surface area (Å²) in [7, 11) is 0. The van der Waals surface area contributed by atoms with Crippen LogP contribution in [0.1, 0.15) is 12.0 Å². The molecule has 15 heavy (non-hydrogen) atoms. The van der Waals surface area contributed by atoms with Crippen LogP contribution in [0.25, 0.3) is 0 Å². The molecule has 1 aromatic carbocycles. The van der Waals surface area contributed by atoms with E-state index in [0.29, 0.717) is 18.6 Å². The van der Waals surface area contributed by atoms with E-state index in [0.717, 1.165) is 6.07 Å². The molecule has 0 unspecified atom stereocenters. The molecule has 0 spiro atoms. The molecule has 2 aliphatic rings. The highest BCUT2D eigenvalue weighted by atomic mass is 19.1. The van der Waals surface area contributed by atoms with Gasteiger partial charge in [0.2, 0.25) is 0 Å². The lowest BCUT2D eigenvalue weighted by atomic mass is 9.94. The van der Waals surface area contributed by atoms with Crippen LogP contribution in [0.4, 0.5) is 8.78 Å². The number of carbonyl (C=O) groups is 1. The van der Waals surface area contributed by atoms with E-state index in [1.165, 1.54) is 12.1 Å². The zero-order chi connectivity index (χ0) is 10.6. The number of cyclic esters (lactones) is 1. The first-order chi connectivity index (χ1) is 7.13. The van der Waals surface area contributed by atoms with Gasteiger partial charge in [0.25, 0.3) is 0 Å². The Labute approximate surface area is 84.9 Å². The number of ether oxygens (including phenoxy) is 1. The molecule has 1 saturated heterocycles. The largest absolute Gasteiger partial charge is 0.465 e. The summed E-state index contributed by atoms with van der Waals surface area (Å²) < 4.78 is 30.9. The molecular weight excluding hydrogens is 202 g/mol. The summed E-state index contributed by atoms with van der Waals surface area (Å²) in [4.78, 5) is 11.5. The lowest BCUT2D eigenvalue weighted by Gasteiger charge is -2.09. The zero-order valence-corrected chi connectivity index (χ0v) is 7.80. The van der Waals surface area contributed by atoms with E-state index in [2.05, 4.69) is 0 Å². The topological polar surface area (TPSA) is 26.3 Å². The van der Waals surface area contributed by atoms with Crippen LogP contribution in [-0.2, 0) is 14.9 Å². The van der Waals surface area contributed by atoms with Crippen molar-refractivity contribution in [3.8, 4) is 0 Å². The molecular formula is C11H8F2O2. The van der Waals surface area contributed by atoms with Crippen molar-refractivity contribution in [2.24, 2.45) is 5.92 Å². The lowest BCUT2D eigenvalue weighted by Crippen LogP contribution is -2.19. The van der Waals surface area contributed by atoms with E-state index < -0.39 is 17.0 Å². The molecule has 0 amide bonds. The first kappa shape index (κ1) is 8.83. The molecule has 0 radical (unpaired) electrons. The van der Waals surface area contributed by atoms with E-state index in [4.69, 9.17) is 4.74 Å². The number of esters is 1. The van der Waals surface area contributed by atoms with E-state index >= 15 is 0 Å². The van der Waals surface area contributed by atoms with Crippen molar-refractivity contribution >= 4 is 5.97 Å². The average Bonchev–Trinajstić information content (AvgIpc) is 2.81. The van der Waals surface area contributed by atoms with Crippen LogP contribution < -0.4 is 0 Å². The number of hydrogen-bond donors (Lipinski definition) is 0. The van der Waals surface area contributed by atoms with Gasteiger partial charge in [-0.1, -0.05) is 0 Å². The Hall–Kier alpha value is -1.45. The SMILES string of the molecule is O=C1OC[C@@H]2C[C@]12c1cc(F)cc(F)c1. The fourth-order valence-corrected chi connectivity index (χ4v) is 2.37. The van der Waals surface area contributed by atoms with Crippen LogP contribution in [0.2, 0.25) is 0 Å². The Kier molecular flexibility index (Phi) is 1.51. The first-order valence-electron chi connectivity index (χ1n) is 4.77. The van der Waals surface area contributed by atoms with Gasteiger partial charge in [-0.2, -0.15) is 0 Å². The molecule has 2 nitrogen and oxygen atoms in total. The van der Waals surface area contributed by atoms with Crippen LogP contribution in [0.3, 0.4) is 0 Å². The van der Waals surface area contributed by atoms with Crippen molar-refractivity contribution < 1.29 is 18.3 Å². The predicted molar refractivity (Wildman–Crippen MR) is 47.1 cm³/mol. The Morgan fingerprint density at radius 1 is 1.27 bits per heavy atom. The molecule has 0 bridgehead atoms. The second kappa shape index (κ2) is 2.56. The van der Waals surface area contributed by atoms with Crippen LogP contribution >= 0.6 is 0 Å². The van der Waals surface area contributed by atoms with Crippen molar-refractivity contribution in [1.29, 1.82) is 0 Å². The maximum atomic E-state index is 13.0. The molecule has 3 rings (SSSR count). The highest BCUT2D eigenvalue weighted by Gasteiger charge is 2.67. The Morgan fingerprint density at radius 3 is 2.40 bits per heavy atom. The third kappa shape index (κ3) is 1.05. The van der Waals surface area contributed by atoms with E-state index in [-0.39, 0.29) is 11.9 Å². The molecule has 2 atom stereocenters. The smallest absolute Gasteiger partial charge is 0.317 e. The standard InChI is InChI=1S/C11H8F2O2/c12-8-1-6(2-9(13)3-8)11-4-7(11)5-15-10(11)14/h1-3,7H,4-5H2/t7-,11+/m0/s1. The number of rotatable bonds is 1. The fourth-order valence-electron chi connectivity index (χ4n) is 2.37. The minimum atomic E-state index is -0.747. The van der Waals surface area contributed by atoms with Gasteiger partial charge >= 0.3 is 5.97 Å². The van der Waals surface area contributed by atoms with Crippen molar-refractivity contribution in [2.45, 2.75) is 11.8 Å². The maximum Gasteiger partial charge on any atom is 0.317 e. The van der Waals surface area contributed by atoms with Gasteiger partial charge in [-0.3, -0.25) is 4.79 Å².